The normalized spacial score (nSPS) is 23.2. The van der Waals surface area contributed by atoms with Gasteiger partial charge in [-0.1, -0.05) is 35.4 Å². The number of nitrogens with one attached hydrogen (secondary N) is 1. The van der Waals surface area contributed by atoms with E-state index in [2.05, 4.69) is 20.1 Å². The summed E-state index contributed by atoms with van der Waals surface area (Å²) in [6.07, 6.45) is -6.64. The lowest BCUT2D eigenvalue weighted by Crippen LogP contribution is -2.61. The van der Waals surface area contributed by atoms with Crippen LogP contribution < -0.4 is 5.32 Å². The number of rotatable bonds is 12. The van der Waals surface area contributed by atoms with Crippen LogP contribution in [0, 0.1) is 0 Å². The number of amides is 1. The van der Waals surface area contributed by atoms with E-state index in [9.17, 15) is 24.3 Å². The predicted molar refractivity (Wildman–Crippen MR) is 126 cm³/mol. The van der Waals surface area contributed by atoms with Crippen molar-refractivity contribution in [2.75, 3.05) is 26.2 Å². The van der Waals surface area contributed by atoms with Crippen molar-refractivity contribution >= 4 is 35.6 Å². The monoisotopic (exact) mass is 558 g/mol. The van der Waals surface area contributed by atoms with Crippen molar-refractivity contribution in [2.24, 2.45) is 5.11 Å². The maximum absolute atomic E-state index is 12.3. The zero-order valence-electron chi connectivity index (χ0n) is 20.4. The molecular formula is C22H27ClN4O11. The molecule has 1 aliphatic heterocycles. The lowest BCUT2D eigenvalue weighted by Gasteiger charge is -2.43. The Morgan fingerprint density at radius 2 is 1.92 bits per heavy atom. The number of alkyl carbamates (subject to hydrolysis) is 1. The fourth-order valence-corrected chi connectivity index (χ4v) is 3.48. The summed E-state index contributed by atoms with van der Waals surface area (Å²) in [5, 5.41) is 15.6. The maximum atomic E-state index is 12.3. The van der Waals surface area contributed by atoms with Gasteiger partial charge in [0.15, 0.2) is 24.5 Å². The van der Waals surface area contributed by atoms with Crippen LogP contribution in [0.4, 0.5) is 4.79 Å². The first-order valence-electron chi connectivity index (χ1n) is 11.1. The zero-order valence-corrected chi connectivity index (χ0v) is 21.2. The summed E-state index contributed by atoms with van der Waals surface area (Å²) in [7, 11) is 1.08. The Bertz CT molecular complexity index is 1010. The maximum Gasteiger partial charge on any atom is 0.408 e. The fraction of sp³-hybridized carbons (Fsp3) is 0.545. The number of carbonyl (C=O) groups is 4. The van der Waals surface area contributed by atoms with Gasteiger partial charge < -0.3 is 38.8 Å². The van der Waals surface area contributed by atoms with Gasteiger partial charge in [0.25, 0.3) is 0 Å². The molecule has 0 saturated carbocycles. The van der Waals surface area contributed by atoms with E-state index in [-0.39, 0.29) is 6.61 Å². The van der Waals surface area contributed by atoms with E-state index in [4.69, 9.17) is 40.8 Å². The fourth-order valence-electron chi connectivity index (χ4n) is 3.42. The zero-order chi connectivity index (χ0) is 28.1. The van der Waals surface area contributed by atoms with Gasteiger partial charge >= 0.3 is 24.0 Å². The molecule has 6 atom stereocenters. The number of aliphatic hydroxyl groups is 1. The van der Waals surface area contributed by atoms with Gasteiger partial charge in [0.1, 0.15) is 24.6 Å². The number of carbonyl (C=O) groups excluding carboxylic acids is 4. The van der Waals surface area contributed by atoms with Crippen LogP contribution in [0.25, 0.3) is 10.4 Å². The van der Waals surface area contributed by atoms with Crippen LogP contribution in [0.3, 0.4) is 0 Å². The van der Waals surface area contributed by atoms with E-state index in [0.29, 0.717) is 5.56 Å². The molecule has 0 unspecified atom stereocenters. The summed E-state index contributed by atoms with van der Waals surface area (Å²) in [5.41, 5.74) is 9.79. The first-order valence-corrected chi connectivity index (χ1v) is 11.7. The first kappa shape index (κ1) is 30.6. The molecule has 1 aromatic rings. The molecule has 1 fully saturated rings. The second kappa shape index (κ2) is 15.6. The van der Waals surface area contributed by atoms with Crippen molar-refractivity contribution in [3.63, 3.8) is 0 Å². The van der Waals surface area contributed by atoms with Crippen LogP contribution in [0.1, 0.15) is 12.5 Å². The molecule has 0 spiro atoms. The number of azide groups is 1. The molecule has 38 heavy (non-hydrogen) atoms. The van der Waals surface area contributed by atoms with Crippen LogP contribution in [-0.4, -0.2) is 92.0 Å². The summed E-state index contributed by atoms with van der Waals surface area (Å²) < 4.78 is 31.4. The number of nitrogens with zero attached hydrogens (tertiary/aromatic N) is 3. The molecule has 0 radical (unpaired) electrons. The average molecular weight is 559 g/mol. The van der Waals surface area contributed by atoms with Crippen molar-refractivity contribution in [1.82, 2.24) is 5.32 Å². The van der Waals surface area contributed by atoms with Crippen LogP contribution in [-0.2, 0) is 49.4 Å². The van der Waals surface area contributed by atoms with Gasteiger partial charge in [-0.2, -0.15) is 0 Å². The molecule has 0 aromatic heterocycles. The highest BCUT2D eigenvalue weighted by atomic mass is 35.5. The van der Waals surface area contributed by atoms with Gasteiger partial charge in [-0.3, -0.25) is 9.59 Å². The summed E-state index contributed by atoms with van der Waals surface area (Å²) in [6.45, 7) is -0.305. The number of methoxy groups -OCH3 is 1. The third-order valence-electron chi connectivity index (χ3n) is 5.08. The molecule has 208 valence electrons. The van der Waals surface area contributed by atoms with E-state index in [1.165, 1.54) is 0 Å². The van der Waals surface area contributed by atoms with E-state index >= 15 is 0 Å². The summed E-state index contributed by atoms with van der Waals surface area (Å²) in [5.74, 6) is -3.23. The van der Waals surface area contributed by atoms with Gasteiger partial charge in [-0.05, 0) is 11.1 Å². The summed E-state index contributed by atoms with van der Waals surface area (Å²) in [4.78, 5) is 50.8. The standard InChI is InChI=1S/C22H27ClN4O11/c1-12(29)36-18-15(9-28)37-21(17(26-27-24)19(18)38-16(30)8-23)34-11-14(20(31)33-2)25-22(32)35-10-13-6-4-3-5-7-13/h3-7,14-15,17-19,21,28H,8-11H2,1-2H3,(H,25,32)/t14-,15+,17+,18-,19+,21-/m0/s1. The molecule has 2 rings (SSSR count). The number of hydrogen-bond acceptors (Lipinski definition) is 12. The highest BCUT2D eigenvalue weighted by Gasteiger charge is 2.50. The van der Waals surface area contributed by atoms with E-state index < -0.39 is 79.8 Å². The van der Waals surface area contributed by atoms with E-state index in [1.807, 2.05) is 0 Å². The Morgan fingerprint density at radius 3 is 2.50 bits per heavy atom. The molecule has 15 nitrogen and oxygen atoms in total. The molecule has 16 heteroatoms. The highest BCUT2D eigenvalue weighted by molar-refractivity contribution is 6.26. The number of alkyl halides is 1. The van der Waals surface area contributed by atoms with Gasteiger partial charge in [-0.15, -0.1) is 11.6 Å². The molecule has 0 bridgehead atoms. The third-order valence-corrected chi connectivity index (χ3v) is 5.29. The molecule has 1 heterocycles. The second-order valence-corrected chi connectivity index (χ2v) is 7.97. The van der Waals surface area contributed by atoms with Gasteiger partial charge in [0.2, 0.25) is 0 Å². The Kier molecular flexibility index (Phi) is 12.6. The van der Waals surface area contributed by atoms with Gasteiger partial charge in [-0.25, -0.2) is 9.59 Å². The average Bonchev–Trinajstić information content (AvgIpc) is 2.91. The van der Waals surface area contributed by atoms with Crippen molar-refractivity contribution < 1.29 is 52.7 Å². The van der Waals surface area contributed by atoms with Crippen LogP contribution in [0.15, 0.2) is 35.4 Å². The van der Waals surface area contributed by atoms with E-state index in [1.54, 1.807) is 30.3 Å². The minimum Gasteiger partial charge on any atom is -0.467 e. The van der Waals surface area contributed by atoms with Gasteiger partial charge in [0.05, 0.1) is 20.3 Å². The smallest absolute Gasteiger partial charge is 0.408 e. The molecule has 1 aromatic carbocycles. The number of ether oxygens (including phenoxy) is 6. The van der Waals surface area contributed by atoms with Gasteiger partial charge in [0, 0.05) is 11.8 Å². The van der Waals surface area contributed by atoms with Crippen molar-refractivity contribution in [1.29, 1.82) is 0 Å². The van der Waals surface area contributed by atoms with Crippen LogP contribution in [0.5, 0.6) is 0 Å². The number of hydrogen-bond donors (Lipinski definition) is 2. The van der Waals surface area contributed by atoms with E-state index in [0.717, 1.165) is 14.0 Å². The van der Waals surface area contributed by atoms with Crippen molar-refractivity contribution in [3.05, 3.63) is 46.3 Å². The quantitative estimate of drug-likeness (QED) is 0.0922. The lowest BCUT2D eigenvalue weighted by molar-refractivity contribution is -0.273. The highest BCUT2D eigenvalue weighted by Crippen LogP contribution is 2.29. The summed E-state index contributed by atoms with van der Waals surface area (Å²) in [6, 6.07) is 5.92. The minimum atomic E-state index is -1.53. The Hall–Kier alpha value is -3.62. The molecule has 1 aliphatic rings. The minimum absolute atomic E-state index is 0.0740. The van der Waals surface area contributed by atoms with Crippen molar-refractivity contribution in [3.8, 4) is 0 Å². The third kappa shape index (κ3) is 9.04. The Labute approximate surface area is 221 Å². The number of aliphatic hydroxyl groups excluding tert-OH is 1. The molecular weight excluding hydrogens is 532 g/mol. The predicted octanol–water partition coefficient (Wildman–Crippen LogP) is 0.949. The summed E-state index contributed by atoms with van der Waals surface area (Å²) >= 11 is 5.52. The Balaban J connectivity index is 2.19. The number of benzene rings is 1. The number of halogens is 1. The lowest BCUT2D eigenvalue weighted by atomic mass is 9.97. The second-order valence-electron chi connectivity index (χ2n) is 7.70. The van der Waals surface area contributed by atoms with Crippen LogP contribution in [0.2, 0.25) is 0 Å². The molecule has 1 saturated heterocycles. The molecule has 1 amide bonds. The van der Waals surface area contributed by atoms with Crippen LogP contribution >= 0.6 is 11.6 Å². The first-order chi connectivity index (χ1) is 18.2. The number of esters is 3. The largest absolute Gasteiger partial charge is 0.467 e. The topological polar surface area (TPSA) is 205 Å². The molecule has 0 aliphatic carbocycles. The Morgan fingerprint density at radius 1 is 1.21 bits per heavy atom. The molecule has 2 N–H and O–H groups in total. The SMILES string of the molecule is COC(=O)[C@H](CO[C@H]1O[C@H](CO)[C@H](OC(C)=O)[C@H](OC(=O)CCl)[C@H]1N=[N+]=[N-])NC(=O)OCc1ccccc1. The van der Waals surface area contributed by atoms with Crippen molar-refractivity contribution in [2.45, 2.75) is 50.2 Å².